The van der Waals surface area contributed by atoms with Gasteiger partial charge in [0, 0.05) is 19.6 Å². The Morgan fingerprint density at radius 2 is 2.05 bits per heavy atom. The number of nitrogens with one attached hydrogen (secondary N) is 1. The normalized spacial score (nSPS) is 17.0. The predicted octanol–water partition coefficient (Wildman–Crippen LogP) is 2.15. The van der Waals surface area contributed by atoms with Crippen molar-refractivity contribution in [3.8, 4) is 11.5 Å². The van der Waals surface area contributed by atoms with Crippen LogP contribution in [0.2, 0.25) is 5.02 Å². The summed E-state index contributed by atoms with van der Waals surface area (Å²) in [6, 6.07) is 3.93. The van der Waals surface area contributed by atoms with Crippen molar-refractivity contribution in [1.29, 1.82) is 0 Å². The first-order valence-corrected chi connectivity index (χ1v) is 6.96. The third kappa shape index (κ3) is 3.53. The Balaban J connectivity index is 2.15. The fourth-order valence-corrected chi connectivity index (χ4v) is 2.65. The zero-order valence-corrected chi connectivity index (χ0v) is 12.3. The Morgan fingerprint density at radius 3 is 2.79 bits per heavy atom. The first kappa shape index (κ1) is 14.4. The van der Waals surface area contributed by atoms with Crippen LogP contribution in [0.25, 0.3) is 0 Å². The molecule has 1 heterocycles. The minimum absolute atomic E-state index is 0.620. The van der Waals surface area contributed by atoms with Crippen molar-refractivity contribution in [3.05, 3.63) is 22.7 Å². The van der Waals surface area contributed by atoms with E-state index in [0.717, 1.165) is 38.3 Å². The molecule has 0 amide bonds. The van der Waals surface area contributed by atoms with E-state index in [1.54, 1.807) is 14.2 Å². The number of methoxy groups -OCH3 is 2. The molecular weight excluding hydrogens is 264 g/mol. The molecule has 106 valence electrons. The van der Waals surface area contributed by atoms with Crippen LogP contribution >= 0.6 is 11.6 Å². The van der Waals surface area contributed by atoms with Gasteiger partial charge >= 0.3 is 0 Å². The molecule has 5 heteroatoms. The van der Waals surface area contributed by atoms with E-state index in [2.05, 4.69) is 10.2 Å². The summed E-state index contributed by atoms with van der Waals surface area (Å²) in [5.74, 6) is 1.29. The molecule has 0 spiro atoms. The summed E-state index contributed by atoms with van der Waals surface area (Å²) in [5.41, 5.74) is 1.08. The van der Waals surface area contributed by atoms with Crippen molar-refractivity contribution in [2.45, 2.75) is 13.0 Å². The second kappa shape index (κ2) is 6.98. The molecule has 1 fully saturated rings. The van der Waals surface area contributed by atoms with Crippen LogP contribution in [-0.4, -0.2) is 45.3 Å². The van der Waals surface area contributed by atoms with Gasteiger partial charge in [-0.15, -0.1) is 0 Å². The van der Waals surface area contributed by atoms with Gasteiger partial charge in [0.05, 0.1) is 19.2 Å². The third-order valence-electron chi connectivity index (χ3n) is 3.39. The third-order valence-corrected chi connectivity index (χ3v) is 3.81. The quantitative estimate of drug-likeness (QED) is 0.919. The smallest absolute Gasteiger partial charge is 0.179 e. The Kier molecular flexibility index (Phi) is 5.31. The van der Waals surface area contributed by atoms with E-state index in [9.17, 15) is 0 Å². The molecule has 1 aliphatic heterocycles. The van der Waals surface area contributed by atoms with E-state index in [0.29, 0.717) is 16.5 Å². The highest BCUT2D eigenvalue weighted by Crippen LogP contribution is 2.37. The van der Waals surface area contributed by atoms with Gasteiger partial charge in [0.25, 0.3) is 0 Å². The van der Waals surface area contributed by atoms with Crippen LogP contribution in [0.5, 0.6) is 11.5 Å². The summed E-state index contributed by atoms with van der Waals surface area (Å²) in [5, 5.41) is 4.05. The molecule has 1 N–H and O–H groups in total. The van der Waals surface area contributed by atoms with Crippen molar-refractivity contribution in [2.75, 3.05) is 40.4 Å². The maximum atomic E-state index is 6.41. The van der Waals surface area contributed by atoms with Gasteiger partial charge in [-0.2, -0.15) is 0 Å². The molecule has 0 aromatic heterocycles. The Hall–Kier alpha value is -0.970. The van der Waals surface area contributed by atoms with Gasteiger partial charge in [-0.25, -0.2) is 0 Å². The summed E-state index contributed by atoms with van der Waals surface area (Å²) < 4.78 is 10.6. The number of nitrogens with zero attached hydrogens (tertiary/aromatic N) is 1. The van der Waals surface area contributed by atoms with Crippen LogP contribution in [-0.2, 0) is 6.54 Å². The molecule has 1 aromatic rings. The van der Waals surface area contributed by atoms with Crippen molar-refractivity contribution in [1.82, 2.24) is 10.2 Å². The van der Waals surface area contributed by atoms with Gasteiger partial charge in [0.15, 0.2) is 11.5 Å². The van der Waals surface area contributed by atoms with E-state index >= 15 is 0 Å². The molecule has 0 bridgehead atoms. The number of ether oxygens (including phenoxy) is 2. The Morgan fingerprint density at radius 1 is 1.21 bits per heavy atom. The first-order valence-electron chi connectivity index (χ1n) is 6.58. The van der Waals surface area contributed by atoms with E-state index in [1.807, 2.05) is 12.1 Å². The second-order valence-corrected chi connectivity index (χ2v) is 5.03. The Labute approximate surface area is 119 Å². The van der Waals surface area contributed by atoms with Gasteiger partial charge < -0.3 is 14.8 Å². The molecule has 1 saturated heterocycles. The molecule has 0 unspecified atom stereocenters. The largest absolute Gasteiger partial charge is 0.493 e. The van der Waals surface area contributed by atoms with Gasteiger partial charge in [-0.05, 0) is 31.1 Å². The molecule has 1 aromatic carbocycles. The van der Waals surface area contributed by atoms with Crippen LogP contribution in [0, 0.1) is 0 Å². The minimum atomic E-state index is 0.620. The number of rotatable bonds is 4. The Bertz CT molecular complexity index is 418. The van der Waals surface area contributed by atoms with Crippen molar-refractivity contribution in [2.24, 2.45) is 0 Å². The summed E-state index contributed by atoms with van der Waals surface area (Å²) >= 11 is 6.41. The van der Waals surface area contributed by atoms with Crippen molar-refractivity contribution < 1.29 is 9.47 Å². The lowest BCUT2D eigenvalue weighted by molar-refractivity contribution is 0.283. The van der Waals surface area contributed by atoms with Gasteiger partial charge in [-0.3, -0.25) is 4.90 Å². The molecule has 0 radical (unpaired) electrons. The summed E-state index contributed by atoms with van der Waals surface area (Å²) in [4.78, 5) is 2.41. The maximum absolute atomic E-state index is 6.41. The molecule has 1 aliphatic rings. The van der Waals surface area contributed by atoms with Crippen LogP contribution in [0.15, 0.2) is 12.1 Å². The highest BCUT2D eigenvalue weighted by Gasteiger charge is 2.16. The lowest BCUT2D eigenvalue weighted by Gasteiger charge is -2.21. The number of halogens is 1. The van der Waals surface area contributed by atoms with Crippen LogP contribution in [0.3, 0.4) is 0 Å². The topological polar surface area (TPSA) is 33.7 Å². The van der Waals surface area contributed by atoms with Crippen LogP contribution in [0.4, 0.5) is 0 Å². The number of benzene rings is 1. The van der Waals surface area contributed by atoms with E-state index in [1.165, 1.54) is 6.42 Å². The van der Waals surface area contributed by atoms with Gasteiger partial charge in [0.2, 0.25) is 0 Å². The fraction of sp³-hybridized carbons (Fsp3) is 0.571. The average Bonchev–Trinajstić information content (AvgIpc) is 2.69. The lowest BCUT2D eigenvalue weighted by Crippen LogP contribution is -2.27. The lowest BCUT2D eigenvalue weighted by atomic mass is 10.1. The summed E-state index contributed by atoms with van der Waals surface area (Å²) in [6.45, 7) is 5.12. The predicted molar refractivity (Wildman–Crippen MR) is 77.3 cm³/mol. The highest BCUT2D eigenvalue weighted by atomic mass is 35.5. The zero-order chi connectivity index (χ0) is 13.7. The summed E-state index contributed by atoms with van der Waals surface area (Å²) in [7, 11) is 3.23. The molecule has 19 heavy (non-hydrogen) atoms. The zero-order valence-electron chi connectivity index (χ0n) is 11.5. The number of hydrogen-bond acceptors (Lipinski definition) is 4. The molecule has 0 atom stereocenters. The molecule has 0 aliphatic carbocycles. The van der Waals surface area contributed by atoms with E-state index < -0.39 is 0 Å². The second-order valence-electron chi connectivity index (χ2n) is 4.65. The van der Waals surface area contributed by atoms with E-state index in [-0.39, 0.29) is 0 Å². The molecule has 2 rings (SSSR count). The average molecular weight is 285 g/mol. The van der Waals surface area contributed by atoms with Gasteiger partial charge in [-0.1, -0.05) is 17.7 Å². The van der Waals surface area contributed by atoms with E-state index in [4.69, 9.17) is 21.1 Å². The first-order chi connectivity index (χ1) is 9.26. The fourth-order valence-electron chi connectivity index (χ4n) is 2.35. The standard InChI is InChI=1S/C14H21ClN2O2/c1-18-12-5-4-11(13(15)14(12)19-2)10-17-8-3-6-16-7-9-17/h4-5,16H,3,6-10H2,1-2H3. The highest BCUT2D eigenvalue weighted by molar-refractivity contribution is 6.33. The molecular formula is C14H21ClN2O2. The molecule has 0 saturated carbocycles. The maximum Gasteiger partial charge on any atom is 0.179 e. The van der Waals surface area contributed by atoms with Crippen molar-refractivity contribution >= 4 is 11.6 Å². The van der Waals surface area contributed by atoms with Crippen LogP contribution < -0.4 is 14.8 Å². The SMILES string of the molecule is COc1ccc(CN2CCCNCC2)c(Cl)c1OC. The molecule has 4 nitrogen and oxygen atoms in total. The van der Waals surface area contributed by atoms with Crippen molar-refractivity contribution in [3.63, 3.8) is 0 Å². The van der Waals surface area contributed by atoms with Gasteiger partial charge in [0.1, 0.15) is 0 Å². The number of hydrogen-bond donors (Lipinski definition) is 1. The minimum Gasteiger partial charge on any atom is -0.493 e. The van der Waals surface area contributed by atoms with Crippen LogP contribution in [0.1, 0.15) is 12.0 Å². The summed E-state index contributed by atoms with van der Waals surface area (Å²) in [6.07, 6.45) is 1.17. The monoisotopic (exact) mass is 284 g/mol.